The number of pyridine rings is 1. The van der Waals surface area contributed by atoms with Gasteiger partial charge >= 0.3 is 0 Å². The van der Waals surface area contributed by atoms with Crippen LogP contribution in [0.3, 0.4) is 0 Å². The summed E-state index contributed by atoms with van der Waals surface area (Å²) in [4.78, 5) is 39.0. The summed E-state index contributed by atoms with van der Waals surface area (Å²) in [5.74, 6) is 0.396. The highest BCUT2D eigenvalue weighted by Gasteiger charge is 2.23. The average Bonchev–Trinajstić information content (AvgIpc) is 2.90. The third-order valence-corrected chi connectivity index (χ3v) is 6.49. The van der Waals surface area contributed by atoms with E-state index in [0.717, 1.165) is 37.0 Å². The van der Waals surface area contributed by atoms with Gasteiger partial charge in [0.2, 0.25) is 11.8 Å². The van der Waals surface area contributed by atoms with Gasteiger partial charge in [0.05, 0.1) is 31.8 Å². The highest BCUT2D eigenvalue weighted by molar-refractivity contribution is 5.94. The van der Waals surface area contributed by atoms with Crippen LogP contribution in [-0.2, 0) is 14.3 Å². The highest BCUT2D eigenvalue weighted by Crippen LogP contribution is 2.36. The topological polar surface area (TPSA) is 159 Å². The fourth-order valence-corrected chi connectivity index (χ4v) is 4.55. The molecule has 3 aromatic rings. The van der Waals surface area contributed by atoms with Gasteiger partial charge in [-0.2, -0.15) is 0 Å². The summed E-state index contributed by atoms with van der Waals surface area (Å²) in [5.41, 5.74) is 13.4. The third-order valence-electron chi connectivity index (χ3n) is 6.49. The molecule has 1 saturated heterocycles. The van der Waals surface area contributed by atoms with Crippen LogP contribution in [0.25, 0.3) is 10.9 Å². The number of carbonyl (C=O) groups is 2. The number of ether oxygens (including phenoxy) is 2. The van der Waals surface area contributed by atoms with E-state index in [0.29, 0.717) is 60.9 Å². The molecule has 5 N–H and O–H groups in total. The van der Waals surface area contributed by atoms with E-state index >= 15 is 0 Å². The minimum Gasteiger partial charge on any atom is -0.496 e. The second kappa shape index (κ2) is 12.3. The number of nitrogens with one attached hydrogen (secondary N) is 1. The number of nitrogens with zero attached hydrogens (tertiary/aromatic N) is 4. The van der Waals surface area contributed by atoms with Crippen LogP contribution in [0.2, 0.25) is 0 Å². The first-order valence-corrected chi connectivity index (χ1v) is 12.4. The van der Waals surface area contributed by atoms with E-state index in [9.17, 15) is 9.59 Å². The molecule has 0 bridgehead atoms. The maximum Gasteiger partial charge on any atom is 0.225 e. The van der Waals surface area contributed by atoms with E-state index in [-0.39, 0.29) is 5.91 Å². The molecule has 11 nitrogen and oxygen atoms in total. The van der Waals surface area contributed by atoms with Gasteiger partial charge in [-0.3, -0.25) is 9.59 Å². The first-order valence-electron chi connectivity index (χ1n) is 12.4. The molecule has 0 saturated carbocycles. The molecule has 1 aliphatic rings. The van der Waals surface area contributed by atoms with E-state index in [2.05, 4.69) is 25.2 Å². The normalized spacial score (nSPS) is 14.4. The number of methoxy groups -OCH3 is 1. The lowest BCUT2D eigenvalue weighted by atomic mass is 9.90. The van der Waals surface area contributed by atoms with Crippen LogP contribution in [0, 0.1) is 0 Å². The van der Waals surface area contributed by atoms with Crippen LogP contribution in [0.1, 0.15) is 43.6 Å². The van der Waals surface area contributed by atoms with Gasteiger partial charge in [0, 0.05) is 54.5 Å². The third kappa shape index (κ3) is 6.62. The van der Waals surface area contributed by atoms with Crippen molar-refractivity contribution in [3.05, 3.63) is 42.4 Å². The lowest BCUT2D eigenvalue weighted by Crippen LogP contribution is -2.36. The predicted molar refractivity (Wildman–Crippen MR) is 141 cm³/mol. The molecule has 1 atom stereocenters. The van der Waals surface area contributed by atoms with Gasteiger partial charge in [-0.1, -0.05) is 12.8 Å². The quantitative estimate of drug-likeness (QED) is 0.313. The predicted octanol–water partition coefficient (Wildman–Crippen LogP) is 2.62. The SMILES string of the molecule is COc1cc2ncnc(Nc3cc(N4CCOCC4)ccn3)c2cc1C(CCCCCC(N)=O)C(N)=O. The van der Waals surface area contributed by atoms with Gasteiger partial charge in [-0.05, 0) is 25.0 Å². The Morgan fingerprint density at radius 3 is 2.65 bits per heavy atom. The van der Waals surface area contributed by atoms with Gasteiger partial charge in [-0.15, -0.1) is 0 Å². The molecular formula is C26H33N7O4. The summed E-state index contributed by atoms with van der Waals surface area (Å²) in [6.45, 7) is 3.02. The fourth-order valence-electron chi connectivity index (χ4n) is 4.55. The number of unbranched alkanes of at least 4 members (excludes halogenated alkanes) is 2. The summed E-state index contributed by atoms with van der Waals surface area (Å²) in [7, 11) is 1.55. The average molecular weight is 508 g/mol. The standard InChI is InChI=1S/C26H33N7O4/c1-36-22-15-21-20(14-19(22)18(25(28)35)5-3-2-4-6-23(27)34)26(31-16-30-21)32-24-13-17(7-8-29-24)33-9-11-37-12-10-33/h7-8,13-16,18H,2-6,9-12H2,1H3,(H2,27,34)(H2,28,35)(H,29,30,31,32). The fraction of sp³-hybridized carbons (Fsp3) is 0.423. The lowest BCUT2D eigenvalue weighted by Gasteiger charge is -2.29. The number of carbonyl (C=O) groups excluding carboxylic acids is 2. The summed E-state index contributed by atoms with van der Waals surface area (Å²) < 4.78 is 11.1. The number of fused-ring (bicyclic) bond motifs is 1. The molecule has 1 aromatic carbocycles. The molecule has 1 unspecified atom stereocenters. The lowest BCUT2D eigenvalue weighted by molar-refractivity contribution is -0.120. The first kappa shape index (κ1) is 26.1. The van der Waals surface area contributed by atoms with Crippen molar-refractivity contribution in [1.82, 2.24) is 15.0 Å². The molecule has 3 heterocycles. The van der Waals surface area contributed by atoms with Crippen LogP contribution in [0.4, 0.5) is 17.3 Å². The number of primary amides is 2. The summed E-state index contributed by atoms with van der Waals surface area (Å²) >= 11 is 0. The Morgan fingerprint density at radius 1 is 1.11 bits per heavy atom. The molecule has 0 spiro atoms. The number of nitrogens with two attached hydrogens (primary N) is 2. The maximum atomic E-state index is 12.5. The van der Waals surface area contributed by atoms with Crippen molar-refractivity contribution in [2.45, 2.75) is 38.0 Å². The molecule has 2 aromatic heterocycles. The van der Waals surface area contributed by atoms with E-state index in [1.807, 2.05) is 18.2 Å². The van der Waals surface area contributed by atoms with Crippen LogP contribution in [0.5, 0.6) is 5.75 Å². The van der Waals surface area contributed by atoms with Crippen molar-refractivity contribution in [1.29, 1.82) is 0 Å². The molecule has 2 amide bonds. The van der Waals surface area contributed by atoms with Crippen molar-refractivity contribution in [2.24, 2.45) is 11.5 Å². The minimum atomic E-state index is -0.566. The molecule has 1 fully saturated rings. The Balaban J connectivity index is 1.61. The van der Waals surface area contributed by atoms with Crippen molar-refractivity contribution in [3.8, 4) is 5.75 Å². The van der Waals surface area contributed by atoms with Crippen molar-refractivity contribution in [2.75, 3.05) is 43.6 Å². The summed E-state index contributed by atoms with van der Waals surface area (Å²) in [5, 5.41) is 4.03. The van der Waals surface area contributed by atoms with Crippen molar-refractivity contribution in [3.63, 3.8) is 0 Å². The van der Waals surface area contributed by atoms with Gasteiger partial charge in [0.15, 0.2) is 0 Å². The Kier molecular flexibility index (Phi) is 8.68. The number of amides is 2. The molecule has 11 heteroatoms. The highest BCUT2D eigenvalue weighted by atomic mass is 16.5. The molecule has 1 aliphatic heterocycles. The summed E-state index contributed by atoms with van der Waals surface area (Å²) in [6.07, 6.45) is 6.24. The van der Waals surface area contributed by atoms with E-state index < -0.39 is 11.8 Å². The number of hydrogen-bond acceptors (Lipinski definition) is 9. The van der Waals surface area contributed by atoms with E-state index in [1.165, 1.54) is 6.33 Å². The second-order valence-electron chi connectivity index (χ2n) is 8.98. The Morgan fingerprint density at radius 2 is 1.92 bits per heavy atom. The van der Waals surface area contributed by atoms with Gasteiger partial charge in [0.25, 0.3) is 0 Å². The van der Waals surface area contributed by atoms with Crippen LogP contribution >= 0.6 is 0 Å². The number of anilines is 3. The molecule has 37 heavy (non-hydrogen) atoms. The van der Waals surface area contributed by atoms with Crippen molar-refractivity contribution >= 4 is 40.0 Å². The van der Waals surface area contributed by atoms with Crippen molar-refractivity contribution < 1.29 is 19.1 Å². The second-order valence-corrected chi connectivity index (χ2v) is 8.98. The largest absolute Gasteiger partial charge is 0.496 e. The maximum absolute atomic E-state index is 12.5. The number of aromatic nitrogens is 3. The van der Waals surface area contributed by atoms with Crippen LogP contribution < -0.4 is 26.4 Å². The zero-order chi connectivity index (χ0) is 26.2. The molecular weight excluding hydrogens is 474 g/mol. The Bertz CT molecular complexity index is 1250. The van der Waals surface area contributed by atoms with Gasteiger partial charge in [-0.25, -0.2) is 15.0 Å². The number of morpholine rings is 1. The smallest absolute Gasteiger partial charge is 0.225 e. The number of hydrogen-bond donors (Lipinski definition) is 3. The van der Waals surface area contributed by atoms with Gasteiger partial charge < -0.3 is 31.2 Å². The van der Waals surface area contributed by atoms with E-state index in [4.69, 9.17) is 20.9 Å². The number of benzene rings is 1. The van der Waals surface area contributed by atoms with E-state index in [1.54, 1.807) is 19.4 Å². The van der Waals surface area contributed by atoms with Crippen LogP contribution in [-0.4, -0.2) is 60.2 Å². The minimum absolute atomic E-state index is 0.326. The van der Waals surface area contributed by atoms with Crippen LogP contribution in [0.15, 0.2) is 36.8 Å². The van der Waals surface area contributed by atoms with Gasteiger partial charge in [0.1, 0.15) is 23.7 Å². The monoisotopic (exact) mass is 507 g/mol. The number of rotatable bonds is 12. The first-order chi connectivity index (χ1) is 18.0. The zero-order valence-electron chi connectivity index (χ0n) is 21.0. The Hall–Kier alpha value is -3.99. The molecule has 0 radical (unpaired) electrons. The summed E-state index contributed by atoms with van der Waals surface area (Å²) in [6, 6.07) is 7.60. The molecule has 4 rings (SSSR count). The zero-order valence-corrected chi connectivity index (χ0v) is 21.0. The molecule has 0 aliphatic carbocycles. The Labute approximate surface area is 215 Å². The molecule has 196 valence electrons.